The molecule has 2 aromatic rings. The number of ether oxygens (including phenoxy) is 1. The van der Waals surface area contributed by atoms with Gasteiger partial charge in [0.25, 0.3) is 0 Å². The minimum atomic E-state index is 0.637. The highest BCUT2D eigenvalue weighted by Crippen LogP contribution is 2.26. The standard InChI is InChI=1S/C12H14ClNO/c1-3-15-8-10-7-9-5-4-6-11(13)12(9)14(10)2/h4-7H,3,8H2,1-2H3. The van der Waals surface area contributed by atoms with Crippen molar-refractivity contribution >= 4 is 22.5 Å². The monoisotopic (exact) mass is 223 g/mol. The first-order chi connectivity index (χ1) is 7.24. The van der Waals surface area contributed by atoms with Crippen LogP contribution in [-0.2, 0) is 18.4 Å². The molecule has 0 radical (unpaired) electrons. The summed E-state index contributed by atoms with van der Waals surface area (Å²) in [4.78, 5) is 0. The van der Waals surface area contributed by atoms with Gasteiger partial charge < -0.3 is 9.30 Å². The normalized spacial score (nSPS) is 11.1. The van der Waals surface area contributed by atoms with Crippen molar-refractivity contribution in [3.8, 4) is 0 Å². The van der Waals surface area contributed by atoms with Crippen LogP contribution in [0.3, 0.4) is 0 Å². The molecule has 1 heterocycles. The van der Waals surface area contributed by atoms with E-state index in [2.05, 4.69) is 16.7 Å². The molecule has 80 valence electrons. The van der Waals surface area contributed by atoms with Gasteiger partial charge >= 0.3 is 0 Å². The quantitative estimate of drug-likeness (QED) is 0.778. The van der Waals surface area contributed by atoms with Crippen molar-refractivity contribution in [1.29, 1.82) is 0 Å². The fourth-order valence-corrected chi connectivity index (χ4v) is 2.08. The SMILES string of the molecule is CCOCc1cc2cccc(Cl)c2n1C. The van der Waals surface area contributed by atoms with Crippen LogP contribution in [-0.4, -0.2) is 11.2 Å². The molecule has 15 heavy (non-hydrogen) atoms. The Morgan fingerprint density at radius 2 is 2.20 bits per heavy atom. The van der Waals surface area contributed by atoms with Crippen LogP contribution in [0.2, 0.25) is 5.02 Å². The molecule has 0 unspecified atom stereocenters. The van der Waals surface area contributed by atoms with Gasteiger partial charge in [-0.1, -0.05) is 23.7 Å². The summed E-state index contributed by atoms with van der Waals surface area (Å²) in [5.41, 5.74) is 2.23. The summed E-state index contributed by atoms with van der Waals surface area (Å²) < 4.78 is 7.50. The lowest BCUT2D eigenvalue weighted by Gasteiger charge is -2.04. The Hall–Kier alpha value is -0.990. The van der Waals surface area contributed by atoms with E-state index in [1.165, 1.54) is 5.39 Å². The third-order valence-corrected chi connectivity index (χ3v) is 2.87. The second kappa shape index (κ2) is 4.25. The smallest absolute Gasteiger partial charge is 0.0867 e. The van der Waals surface area contributed by atoms with E-state index in [-0.39, 0.29) is 0 Å². The van der Waals surface area contributed by atoms with Gasteiger partial charge in [-0.15, -0.1) is 0 Å². The van der Waals surface area contributed by atoms with Crippen molar-refractivity contribution in [3.05, 3.63) is 35.0 Å². The number of hydrogen-bond acceptors (Lipinski definition) is 1. The number of aryl methyl sites for hydroxylation is 1. The summed E-state index contributed by atoms with van der Waals surface area (Å²) in [6, 6.07) is 8.07. The highest BCUT2D eigenvalue weighted by molar-refractivity contribution is 6.35. The van der Waals surface area contributed by atoms with Gasteiger partial charge in [0.1, 0.15) is 0 Å². The maximum absolute atomic E-state index is 6.15. The Bertz CT molecular complexity index is 476. The first-order valence-corrected chi connectivity index (χ1v) is 5.42. The van der Waals surface area contributed by atoms with E-state index in [0.717, 1.165) is 22.8 Å². The topological polar surface area (TPSA) is 14.2 Å². The maximum Gasteiger partial charge on any atom is 0.0867 e. The Kier molecular flexibility index (Phi) is 2.98. The molecule has 0 spiro atoms. The maximum atomic E-state index is 6.15. The molecule has 0 saturated heterocycles. The molecule has 0 aliphatic carbocycles. The molecule has 0 aliphatic rings. The molecular formula is C12H14ClNO. The number of nitrogens with zero attached hydrogens (tertiary/aromatic N) is 1. The summed E-state index contributed by atoms with van der Waals surface area (Å²) in [6.45, 7) is 3.36. The predicted octanol–water partition coefficient (Wildman–Crippen LogP) is 3.37. The minimum absolute atomic E-state index is 0.637. The highest BCUT2D eigenvalue weighted by Gasteiger charge is 2.07. The molecule has 0 bridgehead atoms. The van der Waals surface area contributed by atoms with Crippen LogP contribution in [0, 0.1) is 0 Å². The third-order valence-electron chi connectivity index (χ3n) is 2.56. The highest BCUT2D eigenvalue weighted by atomic mass is 35.5. The molecule has 1 aromatic heterocycles. The molecule has 1 aromatic carbocycles. The van der Waals surface area contributed by atoms with E-state index in [1.54, 1.807) is 0 Å². The van der Waals surface area contributed by atoms with Gasteiger partial charge in [-0.25, -0.2) is 0 Å². The molecule has 0 atom stereocenters. The number of para-hydroxylation sites is 1. The van der Waals surface area contributed by atoms with Gasteiger partial charge in [0.05, 0.1) is 17.1 Å². The zero-order chi connectivity index (χ0) is 10.8. The largest absolute Gasteiger partial charge is 0.376 e. The van der Waals surface area contributed by atoms with Gasteiger partial charge in [-0.3, -0.25) is 0 Å². The Labute approximate surface area is 94.4 Å². The molecule has 0 aliphatic heterocycles. The Balaban J connectivity index is 2.50. The Morgan fingerprint density at radius 3 is 2.87 bits per heavy atom. The Morgan fingerprint density at radius 1 is 1.40 bits per heavy atom. The van der Waals surface area contributed by atoms with Gasteiger partial charge in [-0.05, 0) is 19.1 Å². The second-order valence-electron chi connectivity index (χ2n) is 3.51. The predicted molar refractivity (Wildman–Crippen MR) is 63.3 cm³/mol. The summed E-state index contributed by atoms with van der Waals surface area (Å²) in [5.74, 6) is 0. The fourth-order valence-electron chi connectivity index (χ4n) is 1.77. The van der Waals surface area contributed by atoms with Gasteiger partial charge in [0.2, 0.25) is 0 Å². The molecule has 2 nitrogen and oxygen atoms in total. The van der Waals surface area contributed by atoms with Crippen molar-refractivity contribution in [1.82, 2.24) is 4.57 Å². The molecular weight excluding hydrogens is 210 g/mol. The van der Waals surface area contributed by atoms with Crippen molar-refractivity contribution < 1.29 is 4.74 Å². The van der Waals surface area contributed by atoms with Crippen molar-refractivity contribution in [3.63, 3.8) is 0 Å². The summed E-state index contributed by atoms with van der Waals surface area (Å²) in [6.07, 6.45) is 0. The number of benzene rings is 1. The summed E-state index contributed by atoms with van der Waals surface area (Å²) >= 11 is 6.15. The minimum Gasteiger partial charge on any atom is -0.376 e. The summed E-state index contributed by atoms with van der Waals surface area (Å²) in [7, 11) is 2.02. The van der Waals surface area contributed by atoms with Crippen LogP contribution < -0.4 is 0 Å². The first-order valence-electron chi connectivity index (χ1n) is 5.04. The van der Waals surface area contributed by atoms with Crippen LogP contribution in [0.15, 0.2) is 24.3 Å². The lowest BCUT2D eigenvalue weighted by Crippen LogP contribution is -1.99. The fraction of sp³-hybridized carbons (Fsp3) is 0.333. The van der Waals surface area contributed by atoms with Crippen LogP contribution in [0.5, 0.6) is 0 Å². The number of halogens is 1. The van der Waals surface area contributed by atoms with Crippen molar-refractivity contribution in [2.24, 2.45) is 7.05 Å². The van der Waals surface area contributed by atoms with E-state index >= 15 is 0 Å². The van der Waals surface area contributed by atoms with E-state index in [9.17, 15) is 0 Å². The average molecular weight is 224 g/mol. The summed E-state index contributed by atoms with van der Waals surface area (Å²) in [5, 5.41) is 1.96. The number of aromatic nitrogens is 1. The average Bonchev–Trinajstić information content (AvgIpc) is 2.54. The molecule has 0 amide bonds. The molecule has 0 fully saturated rings. The number of rotatable bonds is 3. The number of hydrogen-bond donors (Lipinski definition) is 0. The molecule has 2 rings (SSSR count). The van der Waals surface area contributed by atoms with Crippen molar-refractivity contribution in [2.45, 2.75) is 13.5 Å². The van der Waals surface area contributed by atoms with Crippen LogP contribution in [0.1, 0.15) is 12.6 Å². The van der Waals surface area contributed by atoms with E-state index < -0.39 is 0 Å². The van der Waals surface area contributed by atoms with Crippen LogP contribution >= 0.6 is 11.6 Å². The van der Waals surface area contributed by atoms with Gasteiger partial charge in [0.15, 0.2) is 0 Å². The second-order valence-corrected chi connectivity index (χ2v) is 3.92. The zero-order valence-corrected chi connectivity index (χ0v) is 9.71. The zero-order valence-electron chi connectivity index (χ0n) is 8.96. The van der Waals surface area contributed by atoms with Gasteiger partial charge in [-0.2, -0.15) is 0 Å². The lowest BCUT2D eigenvalue weighted by atomic mass is 10.2. The first kappa shape index (κ1) is 10.5. The lowest BCUT2D eigenvalue weighted by molar-refractivity contribution is 0.129. The molecule has 3 heteroatoms. The van der Waals surface area contributed by atoms with Crippen LogP contribution in [0.25, 0.3) is 10.9 Å². The van der Waals surface area contributed by atoms with E-state index in [4.69, 9.17) is 16.3 Å². The van der Waals surface area contributed by atoms with E-state index in [1.807, 2.05) is 26.1 Å². The molecule has 0 N–H and O–H groups in total. The van der Waals surface area contributed by atoms with Gasteiger partial charge in [0, 0.05) is 24.7 Å². The van der Waals surface area contributed by atoms with Crippen LogP contribution in [0.4, 0.5) is 0 Å². The van der Waals surface area contributed by atoms with Crippen molar-refractivity contribution in [2.75, 3.05) is 6.61 Å². The number of fused-ring (bicyclic) bond motifs is 1. The molecule has 0 saturated carbocycles. The van der Waals surface area contributed by atoms with E-state index in [0.29, 0.717) is 6.61 Å². The third kappa shape index (κ3) is 1.87.